The van der Waals surface area contributed by atoms with Crippen LogP contribution in [0.3, 0.4) is 0 Å². The average Bonchev–Trinajstić information content (AvgIpc) is 3.78. The molecule has 0 spiro atoms. The Morgan fingerprint density at radius 1 is 0.635 bits per heavy atom. The van der Waals surface area contributed by atoms with Crippen molar-refractivity contribution in [1.82, 2.24) is 0 Å². The van der Waals surface area contributed by atoms with E-state index >= 15 is 0 Å². The zero-order valence-electron chi connectivity index (χ0n) is 33.8. The van der Waals surface area contributed by atoms with Gasteiger partial charge < -0.3 is 0 Å². The topological polar surface area (TPSA) is 0 Å². The fraction of sp³-hybridized carbons (Fsp3) is 0.353. The van der Waals surface area contributed by atoms with Gasteiger partial charge in [0, 0.05) is 0 Å². The molecule has 1 atom stereocenters. The number of hydrogen-bond donors (Lipinski definition) is 0. The molecule has 4 aliphatic rings. The molecule has 1 unspecified atom stereocenters. The summed E-state index contributed by atoms with van der Waals surface area (Å²) in [6.45, 7) is 28.4. The van der Waals surface area contributed by atoms with Crippen molar-refractivity contribution >= 4 is 15.3 Å². The molecule has 52 heavy (non-hydrogen) atoms. The molecule has 0 saturated carbocycles. The Kier molecular flexibility index (Phi) is 8.29. The van der Waals surface area contributed by atoms with Crippen molar-refractivity contribution in [2.75, 3.05) is 0 Å². The first-order chi connectivity index (χ1) is 24.5. The molecule has 1 heteroatoms. The van der Waals surface area contributed by atoms with Gasteiger partial charge in [-0.15, -0.1) is 0 Å². The molecule has 8 rings (SSSR count). The van der Waals surface area contributed by atoms with E-state index < -0.39 is 15.5 Å². The fourth-order valence-electron chi connectivity index (χ4n) is 10.7. The van der Waals surface area contributed by atoms with Crippen LogP contribution >= 0.6 is 0 Å². The summed E-state index contributed by atoms with van der Waals surface area (Å²) in [5.74, 6) is 0.470. The molecule has 0 N–H and O–H groups in total. The normalized spacial score (nSPS) is 19.2. The van der Waals surface area contributed by atoms with E-state index in [1.165, 1.54) is 72.4 Å². The molecule has 4 aromatic rings. The van der Waals surface area contributed by atoms with E-state index in [1.807, 2.05) is 0 Å². The number of aryl methyl sites for hydroxylation is 2. The Hall–Kier alpha value is -3.67. The molecule has 0 saturated heterocycles. The van der Waals surface area contributed by atoms with Crippen molar-refractivity contribution in [3.8, 4) is 11.1 Å². The average molecular weight is 734 g/mol. The molecule has 0 fully saturated rings. The van der Waals surface area contributed by atoms with Crippen LogP contribution in [0.15, 0.2) is 107 Å². The van der Waals surface area contributed by atoms with Crippen LogP contribution in [0.5, 0.6) is 0 Å². The second kappa shape index (κ2) is 12.2. The first-order valence-electron chi connectivity index (χ1n) is 19.9. The van der Waals surface area contributed by atoms with Crippen LogP contribution in [0.25, 0.3) is 22.3 Å². The van der Waals surface area contributed by atoms with Crippen molar-refractivity contribution in [2.45, 2.75) is 105 Å². The summed E-state index contributed by atoms with van der Waals surface area (Å²) in [5.41, 5.74) is 22.0. The molecular weight excluding hydrogens is 678 g/mol. The summed E-state index contributed by atoms with van der Waals surface area (Å²) in [4.78, 5) is 0. The van der Waals surface area contributed by atoms with Gasteiger partial charge in [0.15, 0.2) is 0 Å². The quantitative estimate of drug-likeness (QED) is 0.179. The van der Waals surface area contributed by atoms with Crippen LogP contribution in [-0.4, -0.2) is 4.11 Å². The van der Waals surface area contributed by atoms with Gasteiger partial charge in [-0.2, -0.15) is 0 Å². The van der Waals surface area contributed by atoms with Gasteiger partial charge in [0.05, 0.1) is 0 Å². The molecule has 0 nitrogen and oxygen atoms in total. The predicted molar refractivity (Wildman–Crippen MR) is 222 cm³/mol. The van der Waals surface area contributed by atoms with Crippen molar-refractivity contribution < 1.29 is 15.5 Å². The molecule has 0 heterocycles. The molecule has 0 amide bonds. The standard InChI is InChI=1S/C25H25.C15H14.C11H17.Zn/c1-14-12-24(3,4)22-8-16-7-17-9-23-19(15(2)13-25(23,5)6)11-21(17)20(16)10-18(14)22;1-12-3-7-14(8-4-12)11-15-9-5-13(2)6-10-15;1-5-9-6-7-10(8-9)11(2,3)4;/h7-13H,1-6H3;3-10H,1-2H3;7-9H,5H2,1-4H3;. The Bertz CT molecular complexity index is 2180. The Morgan fingerprint density at radius 2 is 1.08 bits per heavy atom. The number of hydrogen-bond acceptors (Lipinski definition) is 0. The van der Waals surface area contributed by atoms with E-state index in [0.717, 1.165) is 6.42 Å². The Balaban J connectivity index is 1.54. The van der Waals surface area contributed by atoms with Crippen molar-refractivity contribution in [3.63, 3.8) is 0 Å². The summed E-state index contributed by atoms with van der Waals surface area (Å²) in [6, 6.07) is 29.7. The number of rotatable bonds is 5. The SMILES string of the molecule is CCC1C=C(C(C)(C)C)C=[C]1[Zn](=[C](c1ccc(C)cc1)c1ccc(C)cc1)[CH]1c2cc3c(cc2-c2cc4c(cc21)C(C)(C)C=C4C)C(C)=CC3(C)C. The summed E-state index contributed by atoms with van der Waals surface area (Å²) in [5, 5.41) is 0. The summed E-state index contributed by atoms with van der Waals surface area (Å²) in [6.07, 6.45) is 11.5. The molecular formula is C51H56Zn. The van der Waals surface area contributed by atoms with E-state index in [2.05, 4.69) is 180 Å². The maximum absolute atomic E-state index is 3.19. The number of fused-ring (bicyclic) bond motifs is 5. The summed E-state index contributed by atoms with van der Waals surface area (Å²) in [7, 11) is 0. The predicted octanol–water partition coefficient (Wildman–Crippen LogP) is 13.5. The zero-order valence-corrected chi connectivity index (χ0v) is 36.8. The van der Waals surface area contributed by atoms with Gasteiger partial charge in [-0.3, -0.25) is 0 Å². The first kappa shape index (κ1) is 35.4. The number of benzene rings is 4. The molecule has 0 radical (unpaired) electrons. The third-order valence-corrected chi connectivity index (χ3v) is 23.6. The molecule has 0 bridgehead atoms. The van der Waals surface area contributed by atoms with Crippen LogP contribution in [0.2, 0.25) is 0 Å². The number of allylic oxidation sites excluding steroid dienone is 8. The van der Waals surface area contributed by atoms with Crippen LogP contribution in [0, 0.1) is 25.2 Å². The van der Waals surface area contributed by atoms with Gasteiger partial charge in [-0.05, 0) is 0 Å². The Labute approximate surface area is 318 Å². The van der Waals surface area contributed by atoms with Gasteiger partial charge in [-0.1, -0.05) is 0 Å². The fourth-order valence-corrected chi connectivity index (χ4v) is 22.4. The van der Waals surface area contributed by atoms with Gasteiger partial charge in [-0.25, -0.2) is 0 Å². The van der Waals surface area contributed by atoms with Crippen molar-refractivity contribution in [1.29, 1.82) is 0 Å². The van der Waals surface area contributed by atoms with Crippen LogP contribution in [0.1, 0.15) is 136 Å². The van der Waals surface area contributed by atoms with Crippen molar-refractivity contribution in [3.05, 3.63) is 162 Å². The molecule has 4 aromatic carbocycles. The third kappa shape index (κ3) is 5.61. The maximum atomic E-state index is 2.72. The summed E-state index contributed by atoms with van der Waals surface area (Å²) >= 11 is -3.19. The van der Waals surface area contributed by atoms with Crippen LogP contribution in [-0.2, 0) is 26.3 Å². The molecule has 0 aliphatic heterocycles. The second-order valence-electron chi connectivity index (χ2n) is 19.0. The van der Waals surface area contributed by atoms with E-state index in [-0.39, 0.29) is 16.2 Å². The third-order valence-electron chi connectivity index (χ3n) is 13.3. The van der Waals surface area contributed by atoms with E-state index in [4.69, 9.17) is 0 Å². The minimum atomic E-state index is -3.19. The van der Waals surface area contributed by atoms with Gasteiger partial charge in [0.2, 0.25) is 0 Å². The van der Waals surface area contributed by atoms with E-state index in [0.29, 0.717) is 10.4 Å². The van der Waals surface area contributed by atoms with Gasteiger partial charge >= 0.3 is 321 Å². The second-order valence-corrected chi connectivity index (χ2v) is 26.4. The molecule has 262 valence electrons. The van der Waals surface area contributed by atoms with Crippen LogP contribution < -0.4 is 0 Å². The first-order valence-corrected chi connectivity index (χ1v) is 24.6. The van der Waals surface area contributed by atoms with E-state index in [9.17, 15) is 0 Å². The van der Waals surface area contributed by atoms with Crippen LogP contribution in [0.4, 0.5) is 0 Å². The Morgan fingerprint density at radius 3 is 1.48 bits per heavy atom. The minimum absolute atomic E-state index is 0.0155. The summed E-state index contributed by atoms with van der Waals surface area (Å²) < 4.78 is 3.80. The van der Waals surface area contributed by atoms with Crippen molar-refractivity contribution in [2.24, 2.45) is 11.3 Å². The van der Waals surface area contributed by atoms with E-state index in [1.54, 1.807) is 19.4 Å². The monoisotopic (exact) mass is 732 g/mol. The zero-order chi connectivity index (χ0) is 37.1. The van der Waals surface area contributed by atoms with Gasteiger partial charge in [0.1, 0.15) is 0 Å². The molecule has 0 aromatic heterocycles. The van der Waals surface area contributed by atoms with Gasteiger partial charge in [0.25, 0.3) is 0 Å². The molecule has 4 aliphatic carbocycles.